The van der Waals surface area contributed by atoms with E-state index in [9.17, 15) is 4.79 Å². The second-order valence-electron chi connectivity index (χ2n) is 8.50. The van der Waals surface area contributed by atoms with Crippen molar-refractivity contribution in [1.82, 2.24) is 9.97 Å². The molecule has 1 fully saturated rings. The zero-order chi connectivity index (χ0) is 24.1. The molecule has 1 aromatic heterocycles. The van der Waals surface area contributed by atoms with Gasteiger partial charge in [0.1, 0.15) is 11.5 Å². The Morgan fingerprint density at radius 2 is 1.46 bits per heavy atom. The minimum atomic E-state index is -0.673. The minimum Gasteiger partial charge on any atom is -0.457 e. The zero-order valence-electron chi connectivity index (χ0n) is 19.2. The van der Waals surface area contributed by atoms with E-state index in [0.29, 0.717) is 31.8 Å². The van der Waals surface area contributed by atoms with Crippen LogP contribution in [0.5, 0.6) is 11.5 Å². The van der Waals surface area contributed by atoms with E-state index in [4.69, 9.17) is 15.2 Å². The number of nitrogens with one attached hydrogen (secondary N) is 1. The van der Waals surface area contributed by atoms with E-state index >= 15 is 0 Å². The largest absolute Gasteiger partial charge is 0.457 e. The Hall–Kier alpha value is -4.23. The highest BCUT2D eigenvalue weighted by Gasteiger charge is 2.41. The van der Waals surface area contributed by atoms with Crippen LogP contribution < -0.4 is 15.8 Å². The van der Waals surface area contributed by atoms with Gasteiger partial charge in [0.05, 0.1) is 5.41 Å². The Morgan fingerprint density at radius 3 is 2.11 bits per heavy atom. The number of hydrogen-bond donors (Lipinski definition) is 2. The molecule has 0 bridgehead atoms. The maximum Gasteiger partial charge on any atom is 0.235 e. The Balaban J connectivity index is 1.34. The summed E-state index contributed by atoms with van der Waals surface area (Å²) in [5.74, 6) is 1.67. The van der Waals surface area contributed by atoms with Crippen LogP contribution in [0.15, 0.2) is 91.3 Å². The predicted molar refractivity (Wildman–Crippen MR) is 135 cm³/mol. The Morgan fingerprint density at radius 1 is 0.829 bits per heavy atom. The first kappa shape index (κ1) is 22.6. The first-order valence-corrected chi connectivity index (χ1v) is 11.5. The quantitative estimate of drug-likeness (QED) is 0.405. The summed E-state index contributed by atoms with van der Waals surface area (Å²) in [5, 5.41) is 3.11. The molecule has 0 atom stereocenters. The molecule has 0 saturated carbocycles. The fraction of sp³-hybridized carbons (Fsp3) is 0.179. The van der Waals surface area contributed by atoms with Crippen LogP contribution in [0.3, 0.4) is 0 Å². The van der Waals surface area contributed by atoms with Gasteiger partial charge in [-0.05, 0) is 60.4 Å². The van der Waals surface area contributed by atoms with Gasteiger partial charge >= 0.3 is 0 Å². The second kappa shape index (κ2) is 9.95. The van der Waals surface area contributed by atoms with Crippen LogP contribution in [0.25, 0.3) is 11.1 Å². The topological polar surface area (TPSA) is 99.4 Å². The Kier molecular flexibility index (Phi) is 6.41. The summed E-state index contributed by atoms with van der Waals surface area (Å²) in [5.41, 5.74) is 8.44. The van der Waals surface area contributed by atoms with Crippen molar-refractivity contribution in [3.8, 4) is 22.6 Å². The van der Waals surface area contributed by atoms with Crippen molar-refractivity contribution in [3.05, 3.63) is 96.8 Å². The van der Waals surface area contributed by atoms with Gasteiger partial charge in [-0.25, -0.2) is 9.97 Å². The highest BCUT2D eigenvalue weighted by molar-refractivity contribution is 5.99. The molecule has 7 nitrogen and oxygen atoms in total. The van der Waals surface area contributed by atoms with Crippen molar-refractivity contribution < 1.29 is 14.3 Å². The summed E-state index contributed by atoms with van der Waals surface area (Å²) >= 11 is 0. The Labute approximate surface area is 204 Å². The highest BCUT2D eigenvalue weighted by Crippen LogP contribution is 2.37. The van der Waals surface area contributed by atoms with Crippen LogP contribution in [0.4, 0.5) is 11.6 Å². The highest BCUT2D eigenvalue weighted by atomic mass is 16.5. The van der Waals surface area contributed by atoms with Gasteiger partial charge in [0.25, 0.3) is 0 Å². The maximum absolute atomic E-state index is 13.6. The lowest BCUT2D eigenvalue weighted by molar-refractivity contribution is -0.125. The summed E-state index contributed by atoms with van der Waals surface area (Å²) in [6, 6.07) is 25.0. The molecule has 0 unspecified atom stereocenters. The lowest BCUT2D eigenvalue weighted by Crippen LogP contribution is -2.44. The first-order valence-electron chi connectivity index (χ1n) is 11.5. The molecule has 3 N–H and O–H groups in total. The van der Waals surface area contributed by atoms with Gasteiger partial charge < -0.3 is 20.5 Å². The van der Waals surface area contributed by atoms with Crippen LogP contribution in [0, 0.1) is 0 Å². The van der Waals surface area contributed by atoms with E-state index in [1.165, 1.54) is 0 Å². The average molecular weight is 467 g/mol. The smallest absolute Gasteiger partial charge is 0.235 e. The number of carbonyl (C=O) groups excluding carboxylic acids is 1. The van der Waals surface area contributed by atoms with E-state index in [-0.39, 0.29) is 11.9 Å². The molecule has 176 valence electrons. The molecule has 2 heterocycles. The molecule has 5 rings (SSSR count). The van der Waals surface area contributed by atoms with Crippen molar-refractivity contribution in [2.45, 2.75) is 18.3 Å². The summed E-state index contributed by atoms with van der Waals surface area (Å²) < 4.78 is 11.5. The van der Waals surface area contributed by atoms with Crippen LogP contribution in [0.1, 0.15) is 18.4 Å². The third-order valence-electron chi connectivity index (χ3n) is 6.31. The lowest BCUT2D eigenvalue weighted by Gasteiger charge is -2.36. The molecule has 1 amide bonds. The second-order valence-corrected chi connectivity index (χ2v) is 8.50. The fourth-order valence-corrected chi connectivity index (χ4v) is 4.32. The number of hydrogen-bond acceptors (Lipinski definition) is 6. The van der Waals surface area contributed by atoms with Gasteiger partial charge in [0, 0.05) is 36.9 Å². The van der Waals surface area contributed by atoms with Crippen molar-refractivity contribution in [2.24, 2.45) is 0 Å². The first-order chi connectivity index (χ1) is 17.1. The van der Waals surface area contributed by atoms with Gasteiger partial charge in [-0.2, -0.15) is 0 Å². The summed E-state index contributed by atoms with van der Waals surface area (Å²) in [6.45, 7) is 1.07. The molecule has 1 saturated heterocycles. The standard InChI is InChI=1S/C28H26N4O3/c29-27-30-18-21(19-31-27)20-6-8-22(9-7-20)28(14-16-34-17-15-28)26(33)32-23-10-12-25(13-11-23)35-24-4-2-1-3-5-24/h1-13,18-19H,14-17H2,(H,32,33)(H2,29,30,31). The van der Waals surface area contributed by atoms with Gasteiger partial charge in [0.15, 0.2) is 0 Å². The molecule has 1 aliphatic heterocycles. The van der Waals surface area contributed by atoms with Crippen molar-refractivity contribution in [2.75, 3.05) is 24.3 Å². The monoisotopic (exact) mass is 466 g/mol. The van der Waals surface area contributed by atoms with Gasteiger partial charge in [-0.15, -0.1) is 0 Å². The van der Waals surface area contributed by atoms with Crippen molar-refractivity contribution >= 4 is 17.5 Å². The van der Waals surface area contributed by atoms with Crippen molar-refractivity contribution in [3.63, 3.8) is 0 Å². The number of nitrogen functional groups attached to an aromatic ring is 1. The normalized spacial score (nSPS) is 14.7. The lowest BCUT2D eigenvalue weighted by atomic mass is 9.73. The number of carbonyl (C=O) groups is 1. The SMILES string of the molecule is Nc1ncc(-c2ccc(C3(C(=O)Nc4ccc(Oc5ccccc5)cc4)CCOCC3)cc2)cn1. The molecule has 0 aliphatic carbocycles. The number of nitrogens with zero attached hydrogens (tertiary/aromatic N) is 2. The molecule has 7 heteroatoms. The predicted octanol–water partition coefficient (Wildman–Crippen LogP) is 5.21. The minimum absolute atomic E-state index is 0.0407. The van der Waals surface area contributed by atoms with Gasteiger partial charge in [-0.3, -0.25) is 4.79 Å². The third-order valence-corrected chi connectivity index (χ3v) is 6.31. The number of ether oxygens (including phenoxy) is 2. The van der Waals surface area contributed by atoms with Crippen LogP contribution in [-0.4, -0.2) is 29.1 Å². The number of nitrogens with two attached hydrogens (primary N) is 1. The molecule has 0 radical (unpaired) electrons. The van der Waals surface area contributed by atoms with E-state index in [1.54, 1.807) is 12.4 Å². The van der Waals surface area contributed by atoms with Gasteiger partial charge in [0.2, 0.25) is 11.9 Å². The van der Waals surface area contributed by atoms with E-state index in [2.05, 4.69) is 15.3 Å². The van der Waals surface area contributed by atoms with Gasteiger partial charge in [-0.1, -0.05) is 42.5 Å². The number of rotatable bonds is 6. The Bertz CT molecular complexity index is 1270. The molecule has 1 aliphatic rings. The number of benzene rings is 3. The summed E-state index contributed by atoms with van der Waals surface area (Å²) in [7, 11) is 0. The zero-order valence-corrected chi connectivity index (χ0v) is 19.2. The molecule has 3 aromatic carbocycles. The molecule has 4 aromatic rings. The number of aromatic nitrogens is 2. The molecular formula is C28H26N4O3. The van der Waals surface area contributed by atoms with Crippen LogP contribution >= 0.6 is 0 Å². The van der Waals surface area contributed by atoms with Crippen molar-refractivity contribution in [1.29, 1.82) is 0 Å². The average Bonchev–Trinajstić information content (AvgIpc) is 2.91. The van der Waals surface area contributed by atoms with E-state index in [1.807, 2.05) is 78.9 Å². The third kappa shape index (κ3) is 5.00. The molecule has 35 heavy (non-hydrogen) atoms. The number of anilines is 2. The summed E-state index contributed by atoms with van der Waals surface area (Å²) in [6.07, 6.45) is 4.61. The maximum atomic E-state index is 13.6. The van der Waals surface area contributed by atoms with Crippen LogP contribution in [0.2, 0.25) is 0 Å². The molecule has 0 spiro atoms. The van der Waals surface area contributed by atoms with E-state index in [0.717, 1.165) is 28.1 Å². The number of amides is 1. The van der Waals surface area contributed by atoms with Crippen LogP contribution in [-0.2, 0) is 14.9 Å². The number of para-hydroxylation sites is 1. The molecular weight excluding hydrogens is 440 g/mol. The summed E-state index contributed by atoms with van der Waals surface area (Å²) in [4.78, 5) is 21.8. The van der Waals surface area contributed by atoms with E-state index < -0.39 is 5.41 Å². The fourth-order valence-electron chi connectivity index (χ4n) is 4.32.